The maximum atomic E-state index is 12.6. The topological polar surface area (TPSA) is 64.7 Å². The number of benzene rings is 1. The number of carbonyl (C=O) groups excluding carboxylic acids is 1. The Kier molecular flexibility index (Phi) is 5.51. The average Bonchev–Trinajstić information content (AvgIpc) is 3.25. The molecule has 0 aliphatic carbocycles. The van der Waals surface area contributed by atoms with Crippen LogP contribution in [0.4, 0.5) is 0 Å². The summed E-state index contributed by atoms with van der Waals surface area (Å²) in [5.74, 6) is 1.03. The summed E-state index contributed by atoms with van der Waals surface area (Å²) >= 11 is 0. The van der Waals surface area contributed by atoms with E-state index < -0.39 is 0 Å². The zero-order valence-electron chi connectivity index (χ0n) is 15.5. The van der Waals surface area contributed by atoms with Crippen molar-refractivity contribution in [1.29, 1.82) is 0 Å². The van der Waals surface area contributed by atoms with Crippen molar-refractivity contribution in [3.63, 3.8) is 0 Å². The maximum Gasteiger partial charge on any atom is 0.275 e. The van der Waals surface area contributed by atoms with E-state index in [1.807, 2.05) is 29.1 Å². The molecule has 3 rings (SSSR count). The Morgan fingerprint density at radius 2 is 1.85 bits per heavy atom. The van der Waals surface area contributed by atoms with E-state index in [9.17, 15) is 4.79 Å². The molecule has 0 saturated carbocycles. The van der Waals surface area contributed by atoms with Gasteiger partial charge in [-0.05, 0) is 37.0 Å². The van der Waals surface area contributed by atoms with Gasteiger partial charge >= 0.3 is 0 Å². The first kappa shape index (κ1) is 17.9. The molecule has 0 aliphatic heterocycles. The second-order valence-electron chi connectivity index (χ2n) is 6.93. The van der Waals surface area contributed by atoms with Crippen molar-refractivity contribution in [1.82, 2.24) is 24.9 Å². The zero-order chi connectivity index (χ0) is 18.5. The van der Waals surface area contributed by atoms with Crippen molar-refractivity contribution in [2.24, 2.45) is 5.92 Å². The van der Waals surface area contributed by atoms with E-state index in [1.54, 1.807) is 4.68 Å². The lowest BCUT2D eigenvalue weighted by atomic mass is 10.1. The Hall–Kier alpha value is -2.89. The molecule has 6 heteroatoms. The predicted octanol–water partition coefficient (Wildman–Crippen LogP) is 3.20. The van der Waals surface area contributed by atoms with Crippen molar-refractivity contribution in [2.75, 3.05) is 6.54 Å². The SMILES string of the molecule is Cc1ccc(Cn2nnc(C(=O)NCCC(C)C)c2-n2cccc2)cc1. The summed E-state index contributed by atoms with van der Waals surface area (Å²) in [7, 11) is 0. The van der Waals surface area contributed by atoms with Crippen LogP contribution in [0, 0.1) is 12.8 Å². The molecule has 2 aromatic heterocycles. The minimum atomic E-state index is -0.190. The molecule has 26 heavy (non-hydrogen) atoms. The number of nitrogens with one attached hydrogen (secondary N) is 1. The summed E-state index contributed by atoms with van der Waals surface area (Å²) in [4.78, 5) is 12.6. The van der Waals surface area contributed by atoms with Gasteiger partial charge in [0, 0.05) is 18.9 Å². The van der Waals surface area contributed by atoms with Gasteiger partial charge in [-0.2, -0.15) is 0 Å². The van der Waals surface area contributed by atoms with Crippen LogP contribution in [0.1, 0.15) is 41.9 Å². The molecule has 6 nitrogen and oxygen atoms in total. The number of hydrogen-bond acceptors (Lipinski definition) is 3. The first-order chi connectivity index (χ1) is 12.5. The van der Waals surface area contributed by atoms with Crippen molar-refractivity contribution in [3.05, 3.63) is 65.6 Å². The van der Waals surface area contributed by atoms with Crippen LogP contribution in [0.25, 0.3) is 5.82 Å². The van der Waals surface area contributed by atoms with Gasteiger partial charge in [-0.1, -0.05) is 48.9 Å². The summed E-state index contributed by atoms with van der Waals surface area (Å²) < 4.78 is 3.65. The largest absolute Gasteiger partial charge is 0.351 e. The van der Waals surface area contributed by atoms with Crippen LogP contribution in [-0.4, -0.2) is 32.0 Å². The Morgan fingerprint density at radius 3 is 2.50 bits per heavy atom. The van der Waals surface area contributed by atoms with Gasteiger partial charge in [0.2, 0.25) is 0 Å². The minimum absolute atomic E-state index is 0.190. The van der Waals surface area contributed by atoms with Crippen LogP contribution < -0.4 is 5.32 Å². The van der Waals surface area contributed by atoms with Crippen LogP contribution in [-0.2, 0) is 6.54 Å². The minimum Gasteiger partial charge on any atom is -0.351 e. The molecule has 0 spiro atoms. The van der Waals surface area contributed by atoms with Crippen molar-refractivity contribution in [2.45, 2.75) is 33.7 Å². The summed E-state index contributed by atoms with van der Waals surface area (Å²) in [5, 5.41) is 11.4. The lowest BCUT2D eigenvalue weighted by Gasteiger charge is -2.10. The van der Waals surface area contributed by atoms with Crippen molar-refractivity contribution >= 4 is 5.91 Å². The second-order valence-corrected chi connectivity index (χ2v) is 6.93. The zero-order valence-corrected chi connectivity index (χ0v) is 15.5. The summed E-state index contributed by atoms with van der Waals surface area (Å²) in [6, 6.07) is 12.1. The van der Waals surface area contributed by atoms with E-state index in [0.717, 1.165) is 12.0 Å². The molecule has 0 bridgehead atoms. The molecule has 0 atom stereocenters. The monoisotopic (exact) mass is 351 g/mol. The first-order valence-corrected chi connectivity index (χ1v) is 8.95. The molecule has 0 aliphatic rings. The highest BCUT2D eigenvalue weighted by atomic mass is 16.2. The number of nitrogens with zero attached hydrogens (tertiary/aromatic N) is 4. The van der Waals surface area contributed by atoms with Crippen LogP contribution in [0.3, 0.4) is 0 Å². The van der Waals surface area contributed by atoms with E-state index in [0.29, 0.717) is 30.5 Å². The summed E-state index contributed by atoms with van der Waals surface area (Å²) in [6.07, 6.45) is 4.73. The molecular weight excluding hydrogens is 326 g/mol. The second kappa shape index (κ2) is 7.99. The summed E-state index contributed by atoms with van der Waals surface area (Å²) in [6.45, 7) is 7.52. The van der Waals surface area contributed by atoms with E-state index in [-0.39, 0.29) is 5.91 Å². The number of carbonyl (C=O) groups is 1. The standard InChI is InChI=1S/C20H25N5O/c1-15(2)10-11-21-19(26)18-20(24-12-4-5-13-24)25(23-22-18)14-17-8-6-16(3)7-9-17/h4-9,12-13,15H,10-11,14H2,1-3H3,(H,21,26). The Morgan fingerprint density at radius 1 is 1.15 bits per heavy atom. The molecule has 136 valence electrons. The highest BCUT2D eigenvalue weighted by molar-refractivity contribution is 5.95. The summed E-state index contributed by atoms with van der Waals surface area (Å²) in [5.41, 5.74) is 2.67. The Labute approximate surface area is 153 Å². The van der Waals surface area contributed by atoms with E-state index in [2.05, 4.69) is 60.7 Å². The fraction of sp³-hybridized carbons (Fsp3) is 0.350. The van der Waals surface area contributed by atoms with Gasteiger partial charge in [0.25, 0.3) is 5.91 Å². The highest BCUT2D eigenvalue weighted by Crippen LogP contribution is 2.15. The quantitative estimate of drug-likeness (QED) is 0.711. The Balaban J connectivity index is 1.87. The van der Waals surface area contributed by atoms with E-state index >= 15 is 0 Å². The third-order valence-electron chi connectivity index (χ3n) is 4.23. The average molecular weight is 351 g/mol. The Bertz CT molecular complexity index is 847. The predicted molar refractivity (Wildman–Crippen MR) is 101 cm³/mol. The molecule has 3 aromatic rings. The lowest BCUT2D eigenvalue weighted by molar-refractivity contribution is 0.0947. The smallest absolute Gasteiger partial charge is 0.275 e. The van der Waals surface area contributed by atoms with Gasteiger partial charge < -0.3 is 9.88 Å². The molecule has 1 N–H and O–H groups in total. The fourth-order valence-electron chi connectivity index (χ4n) is 2.72. The lowest BCUT2D eigenvalue weighted by Crippen LogP contribution is -2.27. The van der Waals surface area contributed by atoms with Crippen molar-refractivity contribution < 1.29 is 4.79 Å². The fourth-order valence-corrected chi connectivity index (χ4v) is 2.72. The van der Waals surface area contributed by atoms with E-state index in [4.69, 9.17) is 0 Å². The van der Waals surface area contributed by atoms with E-state index in [1.165, 1.54) is 5.56 Å². The van der Waals surface area contributed by atoms with Gasteiger partial charge in [0.15, 0.2) is 11.5 Å². The molecular formula is C20H25N5O. The molecule has 0 fully saturated rings. The van der Waals surface area contributed by atoms with Gasteiger partial charge in [-0.25, -0.2) is 4.68 Å². The first-order valence-electron chi connectivity index (χ1n) is 8.95. The highest BCUT2D eigenvalue weighted by Gasteiger charge is 2.21. The molecule has 1 aromatic carbocycles. The van der Waals surface area contributed by atoms with Crippen LogP contribution >= 0.6 is 0 Å². The number of aromatic nitrogens is 4. The van der Waals surface area contributed by atoms with Gasteiger partial charge in [-0.15, -0.1) is 5.10 Å². The number of rotatable bonds is 7. The van der Waals surface area contributed by atoms with Crippen LogP contribution in [0.15, 0.2) is 48.8 Å². The molecule has 2 heterocycles. The van der Waals surface area contributed by atoms with Gasteiger partial charge in [0.1, 0.15) is 0 Å². The molecule has 0 unspecified atom stereocenters. The van der Waals surface area contributed by atoms with Gasteiger partial charge in [0.05, 0.1) is 6.54 Å². The number of aryl methyl sites for hydroxylation is 1. The van der Waals surface area contributed by atoms with Crippen LogP contribution in [0.5, 0.6) is 0 Å². The van der Waals surface area contributed by atoms with Crippen molar-refractivity contribution in [3.8, 4) is 5.82 Å². The molecule has 0 saturated heterocycles. The third kappa shape index (κ3) is 4.20. The normalized spacial score (nSPS) is 11.1. The maximum absolute atomic E-state index is 12.6. The number of amides is 1. The molecule has 1 amide bonds. The molecule has 0 radical (unpaired) electrons. The number of hydrogen-bond donors (Lipinski definition) is 1. The van der Waals surface area contributed by atoms with Gasteiger partial charge in [-0.3, -0.25) is 4.79 Å². The van der Waals surface area contributed by atoms with Crippen LogP contribution in [0.2, 0.25) is 0 Å². The third-order valence-corrected chi connectivity index (χ3v) is 4.23.